The van der Waals surface area contributed by atoms with Crippen LogP contribution in [0.25, 0.3) is 10.9 Å². The van der Waals surface area contributed by atoms with Crippen molar-refractivity contribution in [2.75, 3.05) is 0 Å². The molecule has 0 aliphatic heterocycles. The van der Waals surface area contributed by atoms with Gasteiger partial charge in [0.25, 0.3) is 0 Å². The van der Waals surface area contributed by atoms with Gasteiger partial charge in [0.15, 0.2) is 0 Å². The highest BCUT2D eigenvalue weighted by atomic mass is 19.4. The van der Waals surface area contributed by atoms with Crippen LogP contribution in [-0.4, -0.2) is 11.2 Å². The van der Waals surface area contributed by atoms with Gasteiger partial charge < -0.3 is 10.7 Å². The van der Waals surface area contributed by atoms with Gasteiger partial charge >= 0.3 is 6.18 Å². The lowest BCUT2D eigenvalue weighted by Gasteiger charge is -2.14. The van der Waals surface area contributed by atoms with Gasteiger partial charge in [-0.05, 0) is 29.1 Å². The quantitative estimate of drug-likeness (QED) is 0.814. The highest BCUT2D eigenvalue weighted by molar-refractivity contribution is 5.80. The molecule has 0 aliphatic rings. The summed E-state index contributed by atoms with van der Waals surface area (Å²) >= 11 is 0. The van der Waals surface area contributed by atoms with Crippen LogP contribution in [0.1, 0.15) is 18.0 Å². The number of hydrogen-bond acceptors (Lipinski definition) is 1. The first kappa shape index (κ1) is 11.0. The number of alkyl halides is 3. The lowest BCUT2D eigenvalue weighted by atomic mass is 10.0. The van der Waals surface area contributed by atoms with Gasteiger partial charge in [-0.1, -0.05) is 6.07 Å². The van der Waals surface area contributed by atoms with E-state index in [0.717, 1.165) is 10.9 Å². The Morgan fingerprint density at radius 1 is 1.25 bits per heavy atom. The molecule has 3 N–H and O–H groups in total. The summed E-state index contributed by atoms with van der Waals surface area (Å²) in [4.78, 5) is 2.97. The van der Waals surface area contributed by atoms with Crippen molar-refractivity contribution in [2.45, 2.75) is 18.6 Å². The van der Waals surface area contributed by atoms with Crippen molar-refractivity contribution >= 4 is 10.9 Å². The van der Waals surface area contributed by atoms with Crippen molar-refractivity contribution in [1.29, 1.82) is 0 Å². The highest BCUT2D eigenvalue weighted by Crippen LogP contribution is 2.29. The highest BCUT2D eigenvalue weighted by Gasteiger charge is 2.30. The molecule has 86 valence electrons. The van der Waals surface area contributed by atoms with E-state index in [1.54, 1.807) is 30.5 Å². The van der Waals surface area contributed by atoms with Crippen molar-refractivity contribution < 1.29 is 13.2 Å². The van der Waals surface area contributed by atoms with Crippen LogP contribution in [0.15, 0.2) is 30.5 Å². The predicted octanol–water partition coefficient (Wildman–Crippen LogP) is 3.12. The second-order valence-corrected chi connectivity index (χ2v) is 3.75. The Balaban J connectivity index is 2.25. The van der Waals surface area contributed by atoms with Crippen molar-refractivity contribution in [2.24, 2.45) is 5.73 Å². The Morgan fingerprint density at radius 3 is 2.69 bits per heavy atom. The standard InChI is InChI=1S/C11H11F3N2/c12-11(13,14)6-9(15)7-1-2-10-8(5-7)3-4-16-10/h1-5,9,16H,6,15H2/t9-/m1/s1. The molecular formula is C11H11F3N2. The molecule has 1 heterocycles. The molecule has 5 heteroatoms. The molecule has 0 radical (unpaired) electrons. The molecule has 1 atom stereocenters. The van der Waals surface area contributed by atoms with Crippen molar-refractivity contribution in [1.82, 2.24) is 4.98 Å². The zero-order valence-electron chi connectivity index (χ0n) is 8.38. The SMILES string of the molecule is N[C@H](CC(F)(F)F)c1ccc2[nH]ccc2c1. The molecule has 0 spiro atoms. The molecule has 2 rings (SSSR count). The summed E-state index contributed by atoms with van der Waals surface area (Å²) in [6.07, 6.45) is -3.49. The Morgan fingerprint density at radius 2 is 2.00 bits per heavy atom. The summed E-state index contributed by atoms with van der Waals surface area (Å²) in [6, 6.07) is 5.84. The van der Waals surface area contributed by atoms with Gasteiger partial charge in [0.1, 0.15) is 0 Å². The van der Waals surface area contributed by atoms with Crippen LogP contribution in [0.5, 0.6) is 0 Å². The minimum absolute atomic E-state index is 0.504. The first-order chi connectivity index (χ1) is 7.46. The molecule has 1 aromatic heterocycles. The van der Waals surface area contributed by atoms with Gasteiger partial charge in [-0.2, -0.15) is 13.2 Å². The maximum atomic E-state index is 12.2. The Labute approximate surface area is 90.3 Å². The van der Waals surface area contributed by atoms with Crippen LogP contribution < -0.4 is 5.73 Å². The topological polar surface area (TPSA) is 41.8 Å². The number of aromatic amines is 1. The molecule has 0 unspecified atom stereocenters. The van der Waals surface area contributed by atoms with Crippen molar-refractivity contribution in [3.8, 4) is 0 Å². The molecule has 0 bridgehead atoms. The second kappa shape index (κ2) is 3.83. The summed E-state index contributed by atoms with van der Waals surface area (Å²) in [5, 5.41) is 0.870. The molecule has 0 fully saturated rings. The number of H-pyrrole nitrogens is 1. The smallest absolute Gasteiger partial charge is 0.361 e. The molecule has 0 aliphatic carbocycles. The molecule has 0 saturated heterocycles. The van der Waals surface area contributed by atoms with E-state index in [1.807, 2.05) is 0 Å². The summed E-state index contributed by atoms with van der Waals surface area (Å²) < 4.78 is 36.5. The molecule has 0 saturated carbocycles. The zero-order chi connectivity index (χ0) is 11.8. The number of benzene rings is 1. The van der Waals surface area contributed by atoms with Crippen LogP contribution >= 0.6 is 0 Å². The fraction of sp³-hybridized carbons (Fsp3) is 0.273. The van der Waals surface area contributed by atoms with E-state index in [1.165, 1.54) is 0 Å². The maximum absolute atomic E-state index is 12.2. The van der Waals surface area contributed by atoms with E-state index in [9.17, 15) is 13.2 Å². The van der Waals surface area contributed by atoms with E-state index < -0.39 is 18.6 Å². The molecule has 16 heavy (non-hydrogen) atoms. The van der Waals surface area contributed by atoms with E-state index in [4.69, 9.17) is 5.73 Å². The second-order valence-electron chi connectivity index (χ2n) is 3.75. The first-order valence-electron chi connectivity index (χ1n) is 4.85. The van der Waals surface area contributed by atoms with Crippen LogP contribution in [0.2, 0.25) is 0 Å². The largest absolute Gasteiger partial charge is 0.390 e. The lowest BCUT2D eigenvalue weighted by Crippen LogP contribution is -2.20. The third-order valence-corrected chi connectivity index (χ3v) is 2.46. The van der Waals surface area contributed by atoms with E-state index >= 15 is 0 Å². The van der Waals surface area contributed by atoms with Crippen LogP contribution in [-0.2, 0) is 0 Å². The molecule has 2 aromatic rings. The summed E-state index contributed by atoms with van der Waals surface area (Å²) in [7, 11) is 0. The zero-order valence-corrected chi connectivity index (χ0v) is 8.38. The van der Waals surface area contributed by atoms with E-state index in [0.29, 0.717) is 5.56 Å². The number of halogens is 3. The van der Waals surface area contributed by atoms with Crippen molar-refractivity contribution in [3.05, 3.63) is 36.0 Å². The van der Waals surface area contributed by atoms with Gasteiger partial charge in [0, 0.05) is 17.8 Å². The monoisotopic (exact) mass is 228 g/mol. The number of nitrogens with one attached hydrogen (secondary N) is 1. The van der Waals surface area contributed by atoms with Gasteiger partial charge in [-0.3, -0.25) is 0 Å². The average Bonchev–Trinajstić information content (AvgIpc) is 2.61. The van der Waals surface area contributed by atoms with Crippen LogP contribution in [0.3, 0.4) is 0 Å². The minimum Gasteiger partial charge on any atom is -0.361 e. The maximum Gasteiger partial charge on any atom is 0.390 e. The molecule has 2 nitrogen and oxygen atoms in total. The number of hydrogen-bond donors (Lipinski definition) is 2. The molecular weight excluding hydrogens is 217 g/mol. The Bertz CT molecular complexity index is 487. The number of fused-ring (bicyclic) bond motifs is 1. The summed E-state index contributed by atoms with van der Waals surface area (Å²) in [5.74, 6) is 0. The Kier molecular flexibility index (Phi) is 2.63. The number of nitrogens with two attached hydrogens (primary N) is 1. The van der Waals surface area contributed by atoms with E-state index in [-0.39, 0.29) is 0 Å². The van der Waals surface area contributed by atoms with E-state index in [2.05, 4.69) is 4.98 Å². The minimum atomic E-state index is -4.23. The first-order valence-corrected chi connectivity index (χ1v) is 4.85. The third-order valence-electron chi connectivity index (χ3n) is 2.46. The van der Waals surface area contributed by atoms with Crippen LogP contribution in [0.4, 0.5) is 13.2 Å². The summed E-state index contributed by atoms with van der Waals surface area (Å²) in [5.41, 5.74) is 6.91. The Hall–Kier alpha value is -1.49. The normalized spacial score (nSPS) is 14.2. The fourth-order valence-electron chi connectivity index (χ4n) is 1.67. The van der Waals surface area contributed by atoms with Crippen LogP contribution in [0, 0.1) is 0 Å². The molecule has 0 amide bonds. The number of rotatable bonds is 2. The van der Waals surface area contributed by atoms with Gasteiger partial charge in [-0.15, -0.1) is 0 Å². The number of aromatic nitrogens is 1. The van der Waals surface area contributed by atoms with Crippen molar-refractivity contribution in [3.63, 3.8) is 0 Å². The van der Waals surface area contributed by atoms with Gasteiger partial charge in [-0.25, -0.2) is 0 Å². The fourth-order valence-corrected chi connectivity index (χ4v) is 1.67. The molecule has 1 aromatic carbocycles. The summed E-state index contributed by atoms with van der Waals surface area (Å²) in [6.45, 7) is 0. The average molecular weight is 228 g/mol. The lowest BCUT2D eigenvalue weighted by molar-refractivity contribution is -0.138. The van der Waals surface area contributed by atoms with Gasteiger partial charge in [0.2, 0.25) is 0 Å². The predicted molar refractivity (Wildman–Crippen MR) is 55.9 cm³/mol. The third kappa shape index (κ3) is 2.36. The van der Waals surface area contributed by atoms with Gasteiger partial charge in [0.05, 0.1) is 6.42 Å².